The standard InChI is InChI=1S/C4H10.C2H6P2/c1-3-4-2;1-2-4-3-1/h3-4H2,1-2H3;3-4H,1-2H2. The van der Waals surface area contributed by atoms with Gasteiger partial charge in [0, 0.05) is 0 Å². The summed E-state index contributed by atoms with van der Waals surface area (Å²) in [6.07, 6.45) is 5.72. The molecule has 0 N–H and O–H groups in total. The zero-order valence-corrected chi connectivity index (χ0v) is 7.83. The third-order valence-corrected chi connectivity index (χ3v) is 5.00. The Morgan fingerprint density at radius 1 is 1.00 bits per heavy atom. The maximum atomic E-state index is 2.18. The lowest BCUT2D eigenvalue weighted by atomic mass is 10.4. The maximum absolute atomic E-state index is 2.18. The van der Waals surface area contributed by atoms with E-state index in [4.69, 9.17) is 0 Å². The highest BCUT2D eigenvalue weighted by Gasteiger charge is 1.94. The molecule has 50 valence electrons. The van der Waals surface area contributed by atoms with Crippen molar-refractivity contribution in [2.45, 2.75) is 26.7 Å². The van der Waals surface area contributed by atoms with Crippen molar-refractivity contribution in [3.8, 4) is 0 Å². The molecule has 1 aliphatic heterocycles. The molecule has 0 bridgehead atoms. The molecule has 2 unspecified atom stereocenters. The van der Waals surface area contributed by atoms with Crippen LogP contribution in [0.1, 0.15) is 26.7 Å². The summed E-state index contributed by atoms with van der Waals surface area (Å²) < 4.78 is 0. The fraction of sp³-hybridized carbons (Fsp3) is 1.00. The van der Waals surface area contributed by atoms with Crippen LogP contribution in [0, 0.1) is 0 Å². The number of rotatable bonds is 1. The molecule has 1 aliphatic rings. The molecule has 2 atom stereocenters. The summed E-state index contributed by atoms with van der Waals surface area (Å²) in [5.74, 6) is 0. The summed E-state index contributed by atoms with van der Waals surface area (Å²) in [6, 6.07) is 0. The first kappa shape index (κ1) is 8.86. The topological polar surface area (TPSA) is 0 Å². The first-order chi connectivity index (χ1) is 3.91. The van der Waals surface area contributed by atoms with Crippen LogP contribution in [0.25, 0.3) is 0 Å². The van der Waals surface area contributed by atoms with E-state index in [1.807, 2.05) is 0 Å². The van der Waals surface area contributed by atoms with E-state index in [-0.39, 0.29) is 0 Å². The van der Waals surface area contributed by atoms with Crippen LogP contribution in [0.3, 0.4) is 0 Å². The van der Waals surface area contributed by atoms with E-state index in [0.29, 0.717) is 0 Å². The van der Waals surface area contributed by atoms with Gasteiger partial charge in [-0.3, -0.25) is 0 Å². The van der Waals surface area contributed by atoms with Crippen LogP contribution < -0.4 is 0 Å². The molecule has 8 heavy (non-hydrogen) atoms. The van der Waals surface area contributed by atoms with Crippen LogP contribution in [-0.2, 0) is 0 Å². The van der Waals surface area contributed by atoms with E-state index < -0.39 is 0 Å². The van der Waals surface area contributed by atoms with Crippen molar-refractivity contribution in [3.05, 3.63) is 0 Å². The molecule has 0 amide bonds. The predicted molar refractivity (Wildman–Crippen MR) is 46.9 cm³/mol. The molecule has 0 saturated carbocycles. The van der Waals surface area contributed by atoms with Crippen LogP contribution in [0.5, 0.6) is 0 Å². The highest BCUT2D eigenvalue weighted by Crippen LogP contribution is 2.46. The van der Waals surface area contributed by atoms with E-state index in [1.165, 1.54) is 29.4 Å². The van der Waals surface area contributed by atoms with Gasteiger partial charge in [0.15, 0.2) is 0 Å². The Labute approximate surface area is 56.3 Å². The summed E-state index contributed by atoms with van der Waals surface area (Å²) in [7, 11) is 2.70. The van der Waals surface area contributed by atoms with Crippen molar-refractivity contribution in [1.82, 2.24) is 0 Å². The lowest BCUT2D eigenvalue weighted by molar-refractivity contribution is 0.886. The van der Waals surface area contributed by atoms with Crippen molar-refractivity contribution < 1.29 is 0 Å². The van der Waals surface area contributed by atoms with Crippen molar-refractivity contribution in [2.75, 3.05) is 12.3 Å². The first-order valence-electron chi connectivity index (χ1n) is 3.37. The highest BCUT2D eigenvalue weighted by molar-refractivity contribution is 8.15. The molecular formula is C6H16P2. The van der Waals surface area contributed by atoms with Crippen LogP contribution in [0.15, 0.2) is 0 Å². The third kappa shape index (κ3) is 6.86. The molecule has 1 heterocycles. The number of hydrogen-bond acceptors (Lipinski definition) is 0. The molecular weight excluding hydrogens is 134 g/mol. The largest absolute Gasteiger partial charge is 0.0989 e. The first-order valence-corrected chi connectivity index (χ1v) is 6.79. The molecule has 0 aromatic carbocycles. The second-order valence-corrected chi connectivity index (χ2v) is 5.68. The molecule has 0 spiro atoms. The van der Waals surface area contributed by atoms with Gasteiger partial charge < -0.3 is 0 Å². The summed E-state index contributed by atoms with van der Waals surface area (Å²) >= 11 is 0. The lowest BCUT2D eigenvalue weighted by Gasteiger charge is -2.06. The Morgan fingerprint density at radius 2 is 1.25 bits per heavy atom. The smallest absolute Gasteiger partial charge is 0.0277 e. The third-order valence-electron chi connectivity index (χ3n) is 1.000. The Hall–Kier alpha value is 0.860. The van der Waals surface area contributed by atoms with Gasteiger partial charge in [-0.15, -0.1) is 0 Å². The van der Waals surface area contributed by atoms with Crippen LogP contribution in [0.4, 0.5) is 0 Å². The fourth-order valence-electron chi connectivity index (χ4n) is 0.125. The van der Waals surface area contributed by atoms with Crippen molar-refractivity contribution in [2.24, 2.45) is 0 Å². The SMILES string of the molecule is C1CPP1.CCCC. The zero-order valence-electron chi connectivity index (χ0n) is 5.83. The predicted octanol–water partition coefficient (Wildman–Crippen LogP) is 3.08. The van der Waals surface area contributed by atoms with Crippen LogP contribution in [-0.4, -0.2) is 12.3 Å². The molecule has 0 radical (unpaired) electrons. The van der Waals surface area contributed by atoms with Gasteiger partial charge in [-0.05, 0) is 12.3 Å². The van der Waals surface area contributed by atoms with Gasteiger partial charge in [0.05, 0.1) is 0 Å². The van der Waals surface area contributed by atoms with Gasteiger partial charge in [-0.2, -0.15) is 0 Å². The molecule has 0 aromatic heterocycles. The quantitative estimate of drug-likeness (QED) is 0.504. The van der Waals surface area contributed by atoms with Crippen molar-refractivity contribution >= 4 is 16.5 Å². The van der Waals surface area contributed by atoms with E-state index in [0.717, 1.165) is 0 Å². The fourth-order valence-corrected chi connectivity index (χ4v) is 1.12. The van der Waals surface area contributed by atoms with Crippen molar-refractivity contribution in [3.63, 3.8) is 0 Å². The monoisotopic (exact) mass is 150 g/mol. The Morgan fingerprint density at radius 3 is 1.25 bits per heavy atom. The van der Waals surface area contributed by atoms with Gasteiger partial charge in [0.25, 0.3) is 0 Å². The second-order valence-electron chi connectivity index (χ2n) is 1.85. The van der Waals surface area contributed by atoms with Gasteiger partial charge >= 0.3 is 0 Å². The zero-order chi connectivity index (χ0) is 6.24. The molecule has 1 saturated heterocycles. The van der Waals surface area contributed by atoms with Crippen LogP contribution >= 0.6 is 16.5 Å². The highest BCUT2D eigenvalue weighted by atomic mass is 32.0. The van der Waals surface area contributed by atoms with E-state index >= 15 is 0 Å². The van der Waals surface area contributed by atoms with Gasteiger partial charge in [0.1, 0.15) is 0 Å². The molecule has 0 nitrogen and oxygen atoms in total. The molecule has 2 heteroatoms. The lowest BCUT2D eigenvalue weighted by Crippen LogP contribution is -1.80. The maximum Gasteiger partial charge on any atom is -0.0277 e. The average molecular weight is 150 g/mol. The molecule has 1 fully saturated rings. The molecule has 0 aliphatic carbocycles. The minimum absolute atomic E-state index is 1.32. The average Bonchev–Trinajstić information content (AvgIpc) is 1.61. The summed E-state index contributed by atoms with van der Waals surface area (Å²) in [6.45, 7) is 4.36. The molecule has 1 rings (SSSR count). The van der Waals surface area contributed by atoms with Gasteiger partial charge in [-0.1, -0.05) is 43.2 Å². The van der Waals surface area contributed by atoms with Gasteiger partial charge in [-0.25, -0.2) is 0 Å². The summed E-state index contributed by atoms with van der Waals surface area (Å²) in [5, 5.41) is 0. The summed E-state index contributed by atoms with van der Waals surface area (Å²) in [4.78, 5) is 0. The van der Waals surface area contributed by atoms with E-state index in [1.54, 1.807) is 12.3 Å². The van der Waals surface area contributed by atoms with Gasteiger partial charge in [0.2, 0.25) is 0 Å². The Bertz CT molecular complexity index is 27.5. The number of hydrogen-bond donors (Lipinski definition) is 0. The van der Waals surface area contributed by atoms with Crippen molar-refractivity contribution in [1.29, 1.82) is 0 Å². The summed E-state index contributed by atoms with van der Waals surface area (Å²) in [5.41, 5.74) is 0. The number of unbranched alkanes of at least 4 members (excludes halogenated alkanes) is 1. The second kappa shape index (κ2) is 7.86. The Balaban J connectivity index is 0.000000122. The minimum atomic E-state index is 1.32. The van der Waals surface area contributed by atoms with E-state index in [9.17, 15) is 0 Å². The normalized spacial score (nSPS) is 21.8. The van der Waals surface area contributed by atoms with Crippen LogP contribution in [0.2, 0.25) is 0 Å². The van der Waals surface area contributed by atoms with E-state index in [2.05, 4.69) is 13.8 Å². The Kier molecular flexibility index (Phi) is 8.70. The molecule has 0 aromatic rings. The minimum Gasteiger partial charge on any atom is -0.0989 e.